The summed E-state index contributed by atoms with van der Waals surface area (Å²) >= 11 is 1.83. The van der Waals surface area contributed by atoms with Gasteiger partial charge in [-0.3, -0.25) is 0 Å². The minimum Gasteiger partial charge on any atom is -0.343 e. The first-order valence-corrected chi connectivity index (χ1v) is 7.67. The van der Waals surface area contributed by atoms with Gasteiger partial charge in [0.25, 0.3) is 0 Å². The first kappa shape index (κ1) is 12.4. The van der Waals surface area contributed by atoms with Crippen LogP contribution in [0.25, 0.3) is 0 Å². The number of hydrogen-bond acceptors (Lipinski definition) is 5. The van der Waals surface area contributed by atoms with Crippen LogP contribution in [0.2, 0.25) is 0 Å². The fourth-order valence-electron chi connectivity index (χ4n) is 2.99. The Morgan fingerprint density at radius 1 is 1.39 bits per heavy atom. The van der Waals surface area contributed by atoms with Gasteiger partial charge in [0.1, 0.15) is 0 Å². The summed E-state index contributed by atoms with van der Waals surface area (Å²) in [6.07, 6.45) is 3.42. The molecule has 1 aliphatic carbocycles. The van der Waals surface area contributed by atoms with E-state index in [1.165, 1.54) is 22.1 Å². The van der Waals surface area contributed by atoms with Crippen molar-refractivity contribution in [1.82, 2.24) is 9.88 Å². The van der Waals surface area contributed by atoms with Gasteiger partial charge in [-0.2, -0.15) is 0 Å². The van der Waals surface area contributed by atoms with E-state index in [-0.39, 0.29) is 6.04 Å². The molecule has 0 radical (unpaired) electrons. The zero-order valence-electron chi connectivity index (χ0n) is 11.2. The van der Waals surface area contributed by atoms with Gasteiger partial charge in [-0.1, -0.05) is 11.3 Å². The SMILES string of the molecule is CC1CN(C)CCN1c1nc2c(s1)C(N)CCC2. The van der Waals surface area contributed by atoms with Crippen LogP contribution in [0, 0.1) is 0 Å². The summed E-state index contributed by atoms with van der Waals surface area (Å²) in [5.74, 6) is 0. The highest BCUT2D eigenvalue weighted by Gasteiger charge is 2.28. The summed E-state index contributed by atoms with van der Waals surface area (Å²) in [7, 11) is 2.19. The Balaban J connectivity index is 1.84. The lowest BCUT2D eigenvalue weighted by Crippen LogP contribution is -2.50. The van der Waals surface area contributed by atoms with Gasteiger partial charge >= 0.3 is 0 Å². The maximum atomic E-state index is 6.19. The lowest BCUT2D eigenvalue weighted by Gasteiger charge is -2.38. The number of anilines is 1. The summed E-state index contributed by atoms with van der Waals surface area (Å²) in [6.45, 7) is 5.62. The molecule has 2 aliphatic rings. The molecular weight excluding hydrogens is 244 g/mol. The molecule has 5 heteroatoms. The maximum absolute atomic E-state index is 6.19. The molecule has 1 aromatic heterocycles. The highest BCUT2D eigenvalue weighted by Crippen LogP contribution is 2.37. The summed E-state index contributed by atoms with van der Waals surface area (Å²) in [5, 5.41) is 1.19. The molecule has 2 atom stereocenters. The second-order valence-electron chi connectivity index (χ2n) is 5.61. The smallest absolute Gasteiger partial charge is 0.186 e. The van der Waals surface area contributed by atoms with Crippen molar-refractivity contribution in [2.24, 2.45) is 5.73 Å². The van der Waals surface area contributed by atoms with Crippen LogP contribution in [-0.4, -0.2) is 42.6 Å². The van der Waals surface area contributed by atoms with Gasteiger partial charge in [0.15, 0.2) is 5.13 Å². The number of aryl methyl sites for hydroxylation is 1. The highest BCUT2D eigenvalue weighted by atomic mass is 32.1. The van der Waals surface area contributed by atoms with Crippen LogP contribution >= 0.6 is 11.3 Å². The molecule has 2 unspecified atom stereocenters. The fraction of sp³-hybridized carbons (Fsp3) is 0.769. The quantitative estimate of drug-likeness (QED) is 0.839. The molecule has 1 aliphatic heterocycles. The third-order valence-corrected chi connectivity index (χ3v) is 5.32. The molecule has 1 saturated heterocycles. The zero-order chi connectivity index (χ0) is 12.7. The minimum absolute atomic E-state index is 0.225. The van der Waals surface area contributed by atoms with Crippen molar-refractivity contribution < 1.29 is 0 Å². The highest BCUT2D eigenvalue weighted by molar-refractivity contribution is 7.15. The summed E-state index contributed by atoms with van der Waals surface area (Å²) in [6, 6.07) is 0.773. The number of fused-ring (bicyclic) bond motifs is 1. The monoisotopic (exact) mass is 266 g/mol. The molecule has 0 spiro atoms. The number of hydrogen-bond donors (Lipinski definition) is 1. The molecule has 18 heavy (non-hydrogen) atoms. The average molecular weight is 266 g/mol. The Bertz CT molecular complexity index is 431. The van der Waals surface area contributed by atoms with Crippen LogP contribution in [0.15, 0.2) is 0 Å². The van der Waals surface area contributed by atoms with E-state index >= 15 is 0 Å². The molecule has 4 nitrogen and oxygen atoms in total. The molecule has 2 heterocycles. The second-order valence-corrected chi connectivity index (χ2v) is 6.62. The minimum atomic E-state index is 0.225. The van der Waals surface area contributed by atoms with E-state index < -0.39 is 0 Å². The Kier molecular flexibility index (Phi) is 3.30. The van der Waals surface area contributed by atoms with Crippen molar-refractivity contribution >= 4 is 16.5 Å². The normalized spacial score (nSPS) is 29.4. The summed E-state index contributed by atoms with van der Waals surface area (Å²) in [5.41, 5.74) is 7.45. The van der Waals surface area contributed by atoms with Gasteiger partial charge in [0.05, 0.1) is 5.69 Å². The molecule has 3 rings (SSSR count). The molecule has 100 valence electrons. The number of thiazole rings is 1. The fourth-order valence-corrected chi connectivity index (χ4v) is 4.26. The maximum Gasteiger partial charge on any atom is 0.186 e. The average Bonchev–Trinajstić information content (AvgIpc) is 2.74. The van der Waals surface area contributed by atoms with Crippen molar-refractivity contribution in [3.05, 3.63) is 10.6 Å². The summed E-state index contributed by atoms with van der Waals surface area (Å²) in [4.78, 5) is 11.0. The van der Waals surface area contributed by atoms with Crippen LogP contribution in [0.3, 0.4) is 0 Å². The Morgan fingerprint density at radius 2 is 2.22 bits per heavy atom. The summed E-state index contributed by atoms with van der Waals surface area (Å²) < 4.78 is 0. The zero-order valence-corrected chi connectivity index (χ0v) is 12.0. The van der Waals surface area contributed by atoms with Gasteiger partial charge in [0, 0.05) is 36.6 Å². The molecule has 0 saturated carbocycles. The van der Waals surface area contributed by atoms with Gasteiger partial charge in [-0.05, 0) is 33.2 Å². The van der Waals surface area contributed by atoms with Crippen LogP contribution in [-0.2, 0) is 6.42 Å². The number of piperazine rings is 1. The topological polar surface area (TPSA) is 45.4 Å². The number of nitrogens with zero attached hydrogens (tertiary/aromatic N) is 3. The van der Waals surface area contributed by atoms with Gasteiger partial charge in [-0.15, -0.1) is 0 Å². The second kappa shape index (κ2) is 4.79. The number of aromatic nitrogens is 1. The van der Waals surface area contributed by atoms with Crippen molar-refractivity contribution in [3.8, 4) is 0 Å². The van der Waals surface area contributed by atoms with Crippen LogP contribution in [0.4, 0.5) is 5.13 Å². The standard InChI is InChI=1S/C13H22N4S/c1-9-8-16(2)6-7-17(9)13-15-11-5-3-4-10(14)12(11)18-13/h9-10H,3-8,14H2,1-2H3. The van der Waals surface area contributed by atoms with Crippen LogP contribution < -0.4 is 10.6 Å². The Labute approximate surface area is 113 Å². The lowest BCUT2D eigenvalue weighted by atomic mass is 9.99. The molecule has 0 aromatic carbocycles. The molecular formula is C13H22N4S. The van der Waals surface area contributed by atoms with Gasteiger partial charge in [-0.25, -0.2) is 4.98 Å². The Hall–Kier alpha value is -0.650. The predicted molar refractivity (Wildman–Crippen MR) is 76.3 cm³/mol. The van der Waals surface area contributed by atoms with Crippen molar-refractivity contribution in [3.63, 3.8) is 0 Å². The van der Waals surface area contributed by atoms with E-state index in [9.17, 15) is 0 Å². The van der Waals surface area contributed by atoms with E-state index in [1.54, 1.807) is 0 Å². The van der Waals surface area contributed by atoms with E-state index in [1.807, 2.05) is 11.3 Å². The molecule has 1 fully saturated rings. The molecule has 0 bridgehead atoms. The largest absolute Gasteiger partial charge is 0.343 e. The molecule has 2 N–H and O–H groups in total. The Morgan fingerprint density at radius 3 is 2.94 bits per heavy atom. The first-order valence-electron chi connectivity index (χ1n) is 6.85. The lowest BCUT2D eigenvalue weighted by molar-refractivity contribution is 0.275. The third-order valence-electron chi connectivity index (χ3n) is 4.06. The van der Waals surface area contributed by atoms with E-state index in [0.29, 0.717) is 6.04 Å². The van der Waals surface area contributed by atoms with Crippen LogP contribution in [0.5, 0.6) is 0 Å². The van der Waals surface area contributed by atoms with E-state index in [2.05, 4.69) is 23.8 Å². The van der Waals surface area contributed by atoms with Gasteiger partial charge in [0.2, 0.25) is 0 Å². The van der Waals surface area contributed by atoms with Crippen molar-refractivity contribution in [1.29, 1.82) is 0 Å². The van der Waals surface area contributed by atoms with Crippen molar-refractivity contribution in [2.75, 3.05) is 31.6 Å². The number of likely N-dealkylation sites (N-methyl/N-ethyl adjacent to an activating group) is 1. The van der Waals surface area contributed by atoms with E-state index in [0.717, 1.165) is 32.5 Å². The van der Waals surface area contributed by atoms with Gasteiger partial charge < -0.3 is 15.5 Å². The number of nitrogens with two attached hydrogens (primary N) is 1. The molecule has 1 aromatic rings. The predicted octanol–water partition coefficient (Wildman–Crippen LogP) is 1.62. The molecule has 0 amide bonds. The first-order chi connectivity index (χ1) is 8.65. The third kappa shape index (κ3) is 2.15. The number of rotatable bonds is 1. The van der Waals surface area contributed by atoms with Crippen molar-refractivity contribution in [2.45, 2.75) is 38.3 Å². The van der Waals surface area contributed by atoms with E-state index in [4.69, 9.17) is 10.7 Å². The van der Waals surface area contributed by atoms with Crippen LogP contribution in [0.1, 0.15) is 36.4 Å².